The summed E-state index contributed by atoms with van der Waals surface area (Å²) >= 11 is 1.77. The van der Waals surface area contributed by atoms with Crippen LogP contribution in [0.25, 0.3) is 0 Å². The lowest BCUT2D eigenvalue weighted by molar-refractivity contribution is 0.206. The molecule has 0 bridgehead atoms. The summed E-state index contributed by atoms with van der Waals surface area (Å²) in [5.74, 6) is 0.953. The molecule has 0 radical (unpaired) electrons. The molecule has 2 heterocycles. The van der Waals surface area contributed by atoms with Gasteiger partial charge in [-0.3, -0.25) is 4.99 Å². The van der Waals surface area contributed by atoms with Crippen molar-refractivity contribution >= 4 is 17.3 Å². The number of unbranched alkanes of at least 4 members (excludes halogenated alkanes) is 1. The number of aliphatic imine (C=N–C) groups is 1. The van der Waals surface area contributed by atoms with Crippen molar-refractivity contribution in [3.63, 3.8) is 0 Å². The summed E-state index contributed by atoms with van der Waals surface area (Å²) in [5, 5.41) is 10.4. The van der Waals surface area contributed by atoms with Gasteiger partial charge in [0.05, 0.1) is 5.01 Å². The molecule has 0 amide bonds. The van der Waals surface area contributed by atoms with E-state index < -0.39 is 0 Å². The number of aryl methyl sites for hydroxylation is 2. The Bertz CT molecular complexity index is 491. The van der Waals surface area contributed by atoms with E-state index in [4.69, 9.17) is 0 Å². The topological polar surface area (TPSA) is 52.5 Å². The molecule has 1 fully saturated rings. The largest absolute Gasteiger partial charge is 0.356 e. The predicted octanol–water partition coefficient (Wildman–Crippen LogP) is 2.81. The second-order valence-electron chi connectivity index (χ2n) is 6.60. The number of nitrogens with zero attached hydrogens (tertiary/aromatic N) is 3. The fourth-order valence-corrected chi connectivity index (χ4v) is 3.95. The lowest BCUT2D eigenvalue weighted by Gasteiger charge is -2.32. The highest BCUT2D eigenvalue weighted by atomic mass is 32.1. The average Bonchev–Trinajstić information content (AvgIpc) is 3.00. The zero-order valence-electron chi connectivity index (χ0n) is 15.5. The molecule has 1 aliphatic heterocycles. The number of nitrogens with one attached hydrogen (secondary N) is 2. The van der Waals surface area contributed by atoms with E-state index in [9.17, 15) is 0 Å². The Hall–Kier alpha value is -1.14. The van der Waals surface area contributed by atoms with Crippen molar-refractivity contribution in [2.24, 2.45) is 4.99 Å². The number of guanidine groups is 1. The minimum atomic E-state index is 0.558. The summed E-state index contributed by atoms with van der Waals surface area (Å²) in [7, 11) is 1.86. The molecule has 24 heavy (non-hydrogen) atoms. The van der Waals surface area contributed by atoms with E-state index in [0.717, 1.165) is 31.0 Å². The van der Waals surface area contributed by atoms with Gasteiger partial charge in [-0.05, 0) is 52.0 Å². The lowest BCUT2D eigenvalue weighted by atomic mass is 10.1. The van der Waals surface area contributed by atoms with Crippen LogP contribution >= 0.6 is 11.3 Å². The molecular formula is C18H33N5S. The van der Waals surface area contributed by atoms with Gasteiger partial charge in [-0.25, -0.2) is 4.98 Å². The Morgan fingerprint density at radius 1 is 1.38 bits per heavy atom. The van der Waals surface area contributed by atoms with Crippen LogP contribution in [-0.2, 0) is 6.42 Å². The Morgan fingerprint density at radius 3 is 2.79 bits per heavy atom. The fourth-order valence-electron chi connectivity index (χ4n) is 3.13. The lowest BCUT2D eigenvalue weighted by Crippen LogP contribution is -2.48. The molecule has 136 valence electrons. The number of hydrogen-bond donors (Lipinski definition) is 2. The van der Waals surface area contributed by atoms with Crippen LogP contribution in [-0.4, -0.2) is 55.1 Å². The van der Waals surface area contributed by atoms with Crippen LogP contribution in [0.4, 0.5) is 0 Å². The van der Waals surface area contributed by atoms with Crippen LogP contribution in [0.5, 0.6) is 0 Å². The molecule has 0 aromatic carbocycles. The van der Waals surface area contributed by atoms with Gasteiger partial charge in [-0.1, -0.05) is 6.92 Å². The molecule has 0 aliphatic carbocycles. The summed E-state index contributed by atoms with van der Waals surface area (Å²) in [6.07, 6.45) is 7.08. The Balaban J connectivity index is 1.57. The maximum atomic E-state index is 4.51. The Morgan fingerprint density at radius 2 is 2.17 bits per heavy atom. The standard InChI is InChI=1S/C18H33N5S/c1-4-11-23-12-8-16(9-13-23)22-18(19-3)20-10-6-5-7-17-21-15(2)14-24-17/h14,16H,4-13H2,1-3H3,(H2,19,20,22). The van der Waals surface area contributed by atoms with Crippen molar-refractivity contribution in [3.8, 4) is 0 Å². The maximum Gasteiger partial charge on any atom is 0.191 e. The minimum Gasteiger partial charge on any atom is -0.356 e. The summed E-state index contributed by atoms with van der Waals surface area (Å²) < 4.78 is 0. The first-order chi connectivity index (χ1) is 11.7. The molecule has 1 aliphatic rings. The molecule has 2 N–H and O–H groups in total. The molecule has 0 saturated carbocycles. The number of rotatable bonds is 8. The molecule has 2 rings (SSSR count). The average molecular weight is 352 g/mol. The van der Waals surface area contributed by atoms with Crippen molar-refractivity contribution in [2.45, 2.75) is 58.4 Å². The number of aromatic nitrogens is 1. The van der Waals surface area contributed by atoms with Crippen molar-refractivity contribution in [1.82, 2.24) is 20.5 Å². The van der Waals surface area contributed by atoms with Gasteiger partial charge in [-0.2, -0.15) is 0 Å². The van der Waals surface area contributed by atoms with Gasteiger partial charge in [-0.15, -0.1) is 11.3 Å². The number of thiazole rings is 1. The molecule has 0 spiro atoms. The monoisotopic (exact) mass is 351 g/mol. The molecule has 5 nitrogen and oxygen atoms in total. The normalized spacial score (nSPS) is 17.2. The van der Waals surface area contributed by atoms with Crippen molar-refractivity contribution in [2.75, 3.05) is 33.2 Å². The number of likely N-dealkylation sites (tertiary alicyclic amines) is 1. The highest BCUT2D eigenvalue weighted by Crippen LogP contribution is 2.12. The minimum absolute atomic E-state index is 0.558. The summed E-state index contributed by atoms with van der Waals surface area (Å²) in [6.45, 7) is 8.93. The van der Waals surface area contributed by atoms with Crippen LogP contribution < -0.4 is 10.6 Å². The van der Waals surface area contributed by atoms with Gasteiger partial charge in [0, 0.05) is 43.8 Å². The molecule has 6 heteroatoms. The number of piperidine rings is 1. The van der Waals surface area contributed by atoms with E-state index in [1.165, 1.54) is 50.3 Å². The van der Waals surface area contributed by atoms with Gasteiger partial charge in [0.15, 0.2) is 5.96 Å². The summed E-state index contributed by atoms with van der Waals surface area (Å²) in [6, 6.07) is 0.558. The second-order valence-corrected chi connectivity index (χ2v) is 7.54. The van der Waals surface area contributed by atoms with Crippen molar-refractivity contribution in [1.29, 1.82) is 0 Å². The third kappa shape index (κ3) is 6.77. The van der Waals surface area contributed by atoms with Gasteiger partial charge in [0.1, 0.15) is 0 Å². The molecular weight excluding hydrogens is 318 g/mol. The van der Waals surface area contributed by atoms with Crippen molar-refractivity contribution in [3.05, 3.63) is 16.1 Å². The third-order valence-electron chi connectivity index (χ3n) is 4.47. The van der Waals surface area contributed by atoms with Crippen molar-refractivity contribution < 1.29 is 0 Å². The maximum absolute atomic E-state index is 4.51. The molecule has 1 saturated heterocycles. The van der Waals surface area contributed by atoms with E-state index in [0.29, 0.717) is 6.04 Å². The van der Waals surface area contributed by atoms with E-state index in [-0.39, 0.29) is 0 Å². The van der Waals surface area contributed by atoms with Gasteiger partial charge < -0.3 is 15.5 Å². The van der Waals surface area contributed by atoms with E-state index in [1.54, 1.807) is 11.3 Å². The highest BCUT2D eigenvalue weighted by molar-refractivity contribution is 7.09. The zero-order valence-corrected chi connectivity index (χ0v) is 16.3. The zero-order chi connectivity index (χ0) is 17.2. The van der Waals surface area contributed by atoms with Crippen LogP contribution in [0, 0.1) is 6.92 Å². The molecule has 1 aromatic rings. The quantitative estimate of drug-likeness (QED) is 0.430. The van der Waals surface area contributed by atoms with Gasteiger partial charge in [0.25, 0.3) is 0 Å². The Kier molecular flexibility index (Phi) is 8.53. The highest BCUT2D eigenvalue weighted by Gasteiger charge is 2.19. The van der Waals surface area contributed by atoms with Crippen LogP contribution in [0.3, 0.4) is 0 Å². The third-order valence-corrected chi connectivity index (χ3v) is 5.49. The first-order valence-electron chi connectivity index (χ1n) is 9.31. The summed E-state index contributed by atoms with van der Waals surface area (Å²) in [4.78, 5) is 11.4. The first-order valence-corrected chi connectivity index (χ1v) is 10.2. The smallest absolute Gasteiger partial charge is 0.191 e. The summed E-state index contributed by atoms with van der Waals surface area (Å²) in [5.41, 5.74) is 1.14. The van der Waals surface area contributed by atoms with Gasteiger partial charge >= 0.3 is 0 Å². The molecule has 1 aromatic heterocycles. The fraction of sp³-hybridized carbons (Fsp3) is 0.778. The first kappa shape index (κ1) is 19.2. The van der Waals surface area contributed by atoms with Crippen LogP contribution in [0.15, 0.2) is 10.4 Å². The van der Waals surface area contributed by atoms with Crippen LogP contribution in [0.2, 0.25) is 0 Å². The van der Waals surface area contributed by atoms with E-state index >= 15 is 0 Å². The van der Waals surface area contributed by atoms with E-state index in [2.05, 4.69) is 44.7 Å². The second kappa shape index (κ2) is 10.7. The SMILES string of the molecule is CCCN1CCC(NC(=NC)NCCCCc2nc(C)cs2)CC1. The molecule has 0 atom stereocenters. The number of hydrogen-bond acceptors (Lipinski definition) is 4. The van der Waals surface area contributed by atoms with Crippen LogP contribution in [0.1, 0.15) is 49.7 Å². The predicted molar refractivity (Wildman–Crippen MR) is 104 cm³/mol. The van der Waals surface area contributed by atoms with Gasteiger partial charge in [0.2, 0.25) is 0 Å². The molecule has 0 unspecified atom stereocenters. The van der Waals surface area contributed by atoms with E-state index in [1.807, 2.05) is 7.05 Å². The Labute approximate surface area is 151 Å².